The first-order valence-corrected chi connectivity index (χ1v) is 9.60. The van der Waals surface area contributed by atoms with Crippen LogP contribution in [0.4, 0.5) is 13.2 Å². The quantitative estimate of drug-likeness (QED) is 0.356. The fraction of sp³-hybridized carbons (Fsp3) is 0.562. The van der Waals surface area contributed by atoms with Gasteiger partial charge >= 0.3 is 6.18 Å². The monoisotopic (exact) mass is 453 g/mol. The molecule has 0 aliphatic carbocycles. The zero-order chi connectivity index (χ0) is 17.0. The molecule has 2 heterocycles. The summed E-state index contributed by atoms with van der Waals surface area (Å²) in [7, 11) is 0. The van der Waals surface area contributed by atoms with Crippen molar-refractivity contribution < 1.29 is 18.0 Å². The zero-order valence-electron chi connectivity index (χ0n) is 12.3. The van der Waals surface area contributed by atoms with Crippen molar-refractivity contribution in [1.29, 1.82) is 0 Å². The Morgan fingerprint density at radius 1 is 1.35 bits per heavy atom. The molecule has 1 atom stereocenters. The number of alkyl halides is 5. The van der Waals surface area contributed by atoms with Gasteiger partial charge in [-0.05, 0) is 25.3 Å². The summed E-state index contributed by atoms with van der Waals surface area (Å²) >= 11 is 6.60. The van der Waals surface area contributed by atoms with Gasteiger partial charge in [0.05, 0.1) is 11.0 Å². The van der Waals surface area contributed by atoms with Gasteiger partial charge in [-0.1, -0.05) is 50.1 Å². The van der Waals surface area contributed by atoms with Crippen LogP contribution >= 0.6 is 31.9 Å². The Kier molecular flexibility index (Phi) is 6.38. The maximum absolute atomic E-state index is 12.9. The van der Waals surface area contributed by atoms with Crippen LogP contribution in [0, 0.1) is 11.8 Å². The maximum Gasteiger partial charge on any atom is 0.456 e. The Morgan fingerprint density at radius 2 is 2.09 bits per heavy atom. The molecule has 126 valence electrons. The van der Waals surface area contributed by atoms with Crippen molar-refractivity contribution in [1.82, 2.24) is 4.57 Å². The van der Waals surface area contributed by atoms with Crippen molar-refractivity contribution >= 4 is 37.6 Å². The smallest absolute Gasteiger partial charge is 0.340 e. The van der Waals surface area contributed by atoms with E-state index in [1.54, 1.807) is 4.57 Å². The third kappa shape index (κ3) is 4.21. The third-order valence-electron chi connectivity index (χ3n) is 3.95. The predicted molar refractivity (Wildman–Crippen MR) is 90.5 cm³/mol. The Hall–Kier alpha value is -0.740. The second-order valence-electron chi connectivity index (χ2n) is 5.41. The van der Waals surface area contributed by atoms with Gasteiger partial charge in [0, 0.05) is 29.1 Å². The number of rotatable bonds is 3. The second-order valence-corrected chi connectivity index (χ2v) is 6.77. The molecule has 0 spiro atoms. The number of hydrogen-bond donors (Lipinski definition) is 0. The molecular formula is C16H16Br2F3NO. The van der Waals surface area contributed by atoms with Gasteiger partial charge in [0.25, 0.3) is 5.78 Å². The molecule has 0 N–H and O–H groups in total. The van der Waals surface area contributed by atoms with Crippen LogP contribution in [0.15, 0.2) is 6.07 Å². The highest BCUT2D eigenvalue weighted by atomic mass is 79.9. The number of carbonyl (C=O) groups is 1. The average Bonchev–Trinajstić information content (AvgIpc) is 2.71. The Morgan fingerprint density at radius 3 is 2.70 bits per heavy atom. The van der Waals surface area contributed by atoms with Crippen LogP contribution in [0.25, 0.3) is 0 Å². The van der Waals surface area contributed by atoms with Crippen LogP contribution in [0.3, 0.4) is 0 Å². The molecule has 2 rings (SSSR count). The summed E-state index contributed by atoms with van der Waals surface area (Å²) in [4.78, 5) is 11.8. The van der Waals surface area contributed by atoms with E-state index in [-0.39, 0.29) is 11.6 Å². The number of ketones is 1. The highest BCUT2D eigenvalue weighted by Gasteiger charge is 2.42. The number of Topliss-reactive ketones (excluding diaryl/α,β-unsaturated/α-hetero) is 1. The lowest BCUT2D eigenvalue weighted by atomic mass is 9.94. The van der Waals surface area contributed by atoms with E-state index < -0.39 is 12.0 Å². The fourth-order valence-corrected chi connectivity index (χ4v) is 3.71. The average molecular weight is 455 g/mol. The lowest BCUT2D eigenvalue weighted by Crippen LogP contribution is -2.26. The van der Waals surface area contributed by atoms with Crippen molar-refractivity contribution in [2.24, 2.45) is 0 Å². The van der Waals surface area contributed by atoms with Gasteiger partial charge in [0.2, 0.25) is 0 Å². The Bertz CT molecular complexity index is 640. The summed E-state index contributed by atoms with van der Waals surface area (Å²) in [6, 6.07) is 1.31. The lowest BCUT2D eigenvalue weighted by molar-refractivity contribution is -0.0890. The normalized spacial score (nSPS) is 17.9. The number of nitrogens with zero attached hydrogens (tertiary/aromatic N) is 1. The molecule has 1 aliphatic rings. The van der Waals surface area contributed by atoms with Gasteiger partial charge in [-0.15, -0.1) is 0 Å². The first-order valence-electron chi connectivity index (χ1n) is 7.36. The molecule has 0 radical (unpaired) electrons. The molecule has 0 saturated heterocycles. The molecule has 7 heteroatoms. The van der Waals surface area contributed by atoms with E-state index in [1.807, 2.05) is 0 Å². The standard InChI is InChI=1S/C16H16Br2F3NO/c17-7-3-5-12-10-13(15(23)16(19,20)21)22-9-2-1-4-11(6-8-18)14(12)22/h10-11H,1-2,4,6-9H2/t11-/m1/s1. The highest BCUT2D eigenvalue weighted by Crippen LogP contribution is 2.36. The minimum atomic E-state index is -4.87. The summed E-state index contributed by atoms with van der Waals surface area (Å²) in [6.45, 7) is 0.432. The summed E-state index contributed by atoms with van der Waals surface area (Å²) in [5, 5.41) is 1.19. The summed E-state index contributed by atoms with van der Waals surface area (Å²) in [6.07, 6.45) is -1.45. The van der Waals surface area contributed by atoms with Crippen molar-refractivity contribution in [3.05, 3.63) is 23.0 Å². The van der Waals surface area contributed by atoms with Crippen molar-refractivity contribution in [2.45, 2.75) is 44.3 Å². The van der Waals surface area contributed by atoms with Crippen LogP contribution in [0.5, 0.6) is 0 Å². The molecule has 0 amide bonds. The fourth-order valence-electron chi connectivity index (χ4n) is 3.02. The number of carbonyl (C=O) groups excluding carboxylic acids is 1. The maximum atomic E-state index is 12.9. The van der Waals surface area contributed by atoms with E-state index in [2.05, 4.69) is 43.7 Å². The molecule has 0 bridgehead atoms. The topological polar surface area (TPSA) is 22.0 Å². The molecule has 2 nitrogen and oxygen atoms in total. The van der Waals surface area contributed by atoms with Crippen LogP contribution in [-0.2, 0) is 6.54 Å². The number of fused-ring (bicyclic) bond motifs is 1. The van der Waals surface area contributed by atoms with Gasteiger partial charge in [-0.3, -0.25) is 4.79 Å². The molecular weight excluding hydrogens is 439 g/mol. The summed E-state index contributed by atoms with van der Waals surface area (Å²) in [5.41, 5.74) is 1.04. The van der Waals surface area contributed by atoms with Crippen LogP contribution in [0.2, 0.25) is 0 Å². The molecule has 1 aromatic heterocycles. The predicted octanol–water partition coefficient (Wildman–Crippen LogP) is 5.03. The van der Waals surface area contributed by atoms with E-state index in [0.717, 1.165) is 36.7 Å². The van der Waals surface area contributed by atoms with Crippen molar-refractivity contribution in [3.8, 4) is 11.8 Å². The Labute approximate surface area is 150 Å². The minimum Gasteiger partial charge on any atom is -0.340 e. The first-order chi connectivity index (χ1) is 10.9. The van der Waals surface area contributed by atoms with Crippen molar-refractivity contribution in [3.63, 3.8) is 0 Å². The van der Waals surface area contributed by atoms with E-state index >= 15 is 0 Å². The zero-order valence-corrected chi connectivity index (χ0v) is 15.5. The minimum absolute atomic E-state index is 0.117. The van der Waals surface area contributed by atoms with Crippen LogP contribution in [-0.4, -0.2) is 27.2 Å². The largest absolute Gasteiger partial charge is 0.456 e. The van der Waals surface area contributed by atoms with Crippen molar-refractivity contribution in [2.75, 3.05) is 10.7 Å². The van der Waals surface area contributed by atoms with Gasteiger partial charge in [-0.25, -0.2) is 0 Å². The number of hydrogen-bond acceptors (Lipinski definition) is 1. The van der Waals surface area contributed by atoms with Gasteiger partial charge in [0.15, 0.2) is 0 Å². The van der Waals surface area contributed by atoms with Crippen LogP contribution < -0.4 is 0 Å². The number of aromatic nitrogens is 1. The number of halogens is 5. The van der Waals surface area contributed by atoms with E-state index in [0.29, 0.717) is 17.4 Å². The van der Waals surface area contributed by atoms with Gasteiger partial charge < -0.3 is 4.57 Å². The first kappa shape index (κ1) is 18.6. The molecule has 23 heavy (non-hydrogen) atoms. The lowest BCUT2D eigenvalue weighted by Gasteiger charge is -2.17. The molecule has 0 fully saturated rings. The van der Waals surface area contributed by atoms with E-state index in [9.17, 15) is 18.0 Å². The summed E-state index contributed by atoms with van der Waals surface area (Å²) in [5.74, 6) is 4.08. The summed E-state index contributed by atoms with van der Waals surface area (Å²) < 4.78 is 40.2. The molecule has 1 aromatic rings. The third-order valence-corrected chi connectivity index (χ3v) is 4.69. The van der Waals surface area contributed by atoms with E-state index in [1.165, 1.54) is 6.07 Å². The van der Waals surface area contributed by atoms with Gasteiger partial charge in [0.1, 0.15) is 0 Å². The SMILES string of the molecule is O=C(c1cc(C#CCBr)c2n1CCCC[C@@H]2CCBr)C(F)(F)F. The molecule has 0 aromatic carbocycles. The molecule has 0 unspecified atom stereocenters. The molecule has 0 saturated carbocycles. The van der Waals surface area contributed by atoms with E-state index in [4.69, 9.17) is 0 Å². The second kappa shape index (κ2) is 7.89. The Balaban J connectivity index is 2.60. The molecule has 1 aliphatic heterocycles. The van der Waals surface area contributed by atoms with Crippen LogP contribution in [0.1, 0.15) is 53.3 Å². The highest BCUT2D eigenvalue weighted by molar-refractivity contribution is 9.09. The van der Waals surface area contributed by atoms with Gasteiger partial charge in [-0.2, -0.15) is 13.2 Å².